The Hall–Kier alpha value is -3.82. The number of ether oxygens (including phenoxy) is 1. The van der Waals surface area contributed by atoms with E-state index >= 15 is 0 Å². The fourth-order valence-electron chi connectivity index (χ4n) is 3.87. The SMILES string of the molecule is CC(C)(C)c1ccc(OCCn2cc(/C=C(\C#N)C(=O)NCc3cccs3)c3ccccc32)cc1. The van der Waals surface area contributed by atoms with Crippen LogP contribution in [0.25, 0.3) is 17.0 Å². The number of nitrogens with zero attached hydrogens (tertiary/aromatic N) is 2. The maximum Gasteiger partial charge on any atom is 0.262 e. The summed E-state index contributed by atoms with van der Waals surface area (Å²) in [5, 5.41) is 15.4. The van der Waals surface area contributed by atoms with Crippen LogP contribution in [0.3, 0.4) is 0 Å². The highest BCUT2D eigenvalue weighted by Crippen LogP contribution is 2.26. The molecule has 0 aliphatic rings. The molecule has 6 heteroatoms. The maximum atomic E-state index is 12.6. The van der Waals surface area contributed by atoms with Crippen molar-refractivity contribution in [3.8, 4) is 11.8 Å². The number of amides is 1. The average molecular weight is 484 g/mol. The molecule has 0 saturated carbocycles. The molecule has 2 aromatic carbocycles. The molecule has 0 radical (unpaired) electrons. The predicted molar refractivity (Wildman–Crippen MR) is 142 cm³/mol. The fourth-order valence-corrected chi connectivity index (χ4v) is 4.51. The Morgan fingerprint density at radius 2 is 1.89 bits per heavy atom. The van der Waals surface area contributed by atoms with Gasteiger partial charge in [0.25, 0.3) is 5.91 Å². The molecule has 1 N–H and O–H groups in total. The van der Waals surface area contributed by atoms with E-state index in [2.05, 4.69) is 48.9 Å². The van der Waals surface area contributed by atoms with Crippen molar-refractivity contribution in [3.63, 3.8) is 0 Å². The van der Waals surface area contributed by atoms with Crippen LogP contribution in [-0.2, 0) is 23.3 Å². The molecule has 35 heavy (non-hydrogen) atoms. The van der Waals surface area contributed by atoms with Gasteiger partial charge in [0.1, 0.15) is 24.0 Å². The molecule has 0 fully saturated rings. The number of nitriles is 1. The van der Waals surface area contributed by atoms with Crippen molar-refractivity contribution in [1.82, 2.24) is 9.88 Å². The van der Waals surface area contributed by atoms with Gasteiger partial charge in [-0.3, -0.25) is 4.79 Å². The summed E-state index contributed by atoms with van der Waals surface area (Å²) in [6, 6.07) is 22.2. The third kappa shape index (κ3) is 6.00. The molecule has 0 unspecified atom stereocenters. The number of hydrogen-bond donors (Lipinski definition) is 1. The summed E-state index contributed by atoms with van der Waals surface area (Å²) >= 11 is 1.57. The Morgan fingerprint density at radius 3 is 2.57 bits per heavy atom. The number of thiophene rings is 1. The van der Waals surface area contributed by atoms with Gasteiger partial charge >= 0.3 is 0 Å². The lowest BCUT2D eigenvalue weighted by molar-refractivity contribution is -0.117. The smallest absolute Gasteiger partial charge is 0.262 e. The van der Waals surface area contributed by atoms with Gasteiger partial charge in [-0.15, -0.1) is 11.3 Å². The lowest BCUT2D eigenvalue weighted by Gasteiger charge is -2.19. The highest BCUT2D eigenvalue weighted by Gasteiger charge is 2.14. The van der Waals surface area contributed by atoms with Gasteiger partial charge in [0, 0.05) is 27.5 Å². The van der Waals surface area contributed by atoms with Crippen LogP contribution in [0.2, 0.25) is 0 Å². The summed E-state index contributed by atoms with van der Waals surface area (Å²) in [7, 11) is 0. The van der Waals surface area contributed by atoms with Gasteiger partial charge in [-0.25, -0.2) is 0 Å². The van der Waals surface area contributed by atoms with Gasteiger partial charge in [-0.2, -0.15) is 5.26 Å². The van der Waals surface area contributed by atoms with E-state index in [0.717, 1.165) is 27.1 Å². The number of hydrogen-bond acceptors (Lipinski definition) is 4. The number of benzene rings is 2. The second kappa shape index (κ2) is 10.6. The van der Waals surface area contributed by atoms with E-state index < -0.39 is 0 Å². The molecular formula is C29H29N3O2S. The first-order chi connectivity index (χ1) is 16.8. The topological polar surface area (TPSA) is 67.0 Å². The van der Waals surface area contributed by atoms with Crippen molar-refractivity contribution >= 4 is 34.2 Å². The minimum absolute atomic E-state index is 0.0830. The highest BCUT2D eigenvalue weighted by molar-refractivity contribution is 7.09. The van der Waals surface area contributed by atoms with Crippen molar-refractivity contribution < 1.29 is 9.53 Å². The van der Waals surface area contributed by atoms with Crippen LogP contribution in [0.5, 0.6) is 5.75 Å². The maximum absolute atomic E-state index is 12.6. The lowest BCUT2D eigenvalue weighted by atomic mass is 9.87. The first kappa shape index (κ1) is 24.3. The summed E-state index contributed by atoms with van der Waals surface area (Å²) in [4.78, 5) is 13.6. The largest absolute Gasteiger partial charge is 0.492 e. The third-order valence-corrected chi connectivity index (χ3v) is 6.69. The van der Waals surface area contributed by atoms with Gasteiger partial charge in [-0.1, -0.05) is 57.2 Å². The van der Waals surface area contributed by atoms with Crippen LogP contribution in [0.15, 0.2) is 77.8 Å². The van der Waals surface area contributed by atoms with Crippen LogP contribution in [0, 0.1) is 11.3 Å². The van der Waals surface area contributed by atoms with Crippen LogP contribution in [0.4, 0.5) is 0 Å². The summed E-state index contributed by atoms with van der Waals surface area (Å²) in [5.74, 6) is 0.462. The summed E-state index contributed by atoms with van der Waals surface area (Å²) < 4.78 is 8.09. The molecule has 1 amide bonds. The Kier molecular flexibility index (Phi) is 7.38. The Bertz CT molecular complexity index is 1370. The molecule has 2 aromatic heterocycles. The predicted octanol–water partition coefficient (Wildman–Crippen LogP) is 6.30. The molecule has 5 nitrogen and oxygen atoms in total. The summed E-state index contributed by atoms with van der Waals surface area (Å²) in [6.07, 6.45) is 3.63. The van der Waals surface area contributed by atoms with Crippen LogP contribution in [-0.4, -0.2) is 17.1 Å². The number of fused-ring (bicyclic) bond motifs is 1. The minimum Gasteiger partial charge on any atom is -0.492 e. The van der Waals surface area contributed by atoms with E-state index in [9.17, 15) is 10.1 Å². The molecule has 0 spiro atoms. The van der Waals surface area contributed by atoms with Crippen LogP contribution < -0.4 is 10.1 Å². The quantitative estimate of drug-likeness (QED) is 0.236. The minimum atomic E-state index is -0.375. The fraction of sp³-hybridized carbons (Fsp3) is 0.241. The van der Waals surface area contributed by atoms with E-state index in [4.69, 9.17) is 4.74 Å². The van der Waals surface area contributed by atoms with Crippen LogP contribution in [0.1, 0.15) is 36.8 Å². The second-order valence-electron chi connectivity index (χ2n) is 9.35. The summed E-state index contributed by atoms with van der Waals surface area (Å²) in [6.45, 7) is 8.13. The average Bonchev–Trinajstić information content (AvgIpc) is 3.49. The molecule has 0 bridgehead atoms. The Morgan fingerprint density at radius 1 is 1.11 bits per heavy atom. The normalized spacial score (nSPS) is 11.9. The van der Waals surface area contributed by atoms with Crippen molar-refractivity contribution in [2.24, 2.45) is 0 Å². The number of rotatable bonds is 8. The first-order valence-electron chi connectivity index (χ1n) is 11.6. The molecule has 178 valence electrons. The van der Waals surface area contributed by atoms with E-state index in [1.165, 1.54) is 5.56 Å². The van der Waals surface area contributed by atoms with Gasteiger partial charge in [0.05, 0.1) is 13.1 Å². The number of carbonyl (C=O) groups excluding carboxylic acids is 1. The zero-order valence-corrected chi connectivity index (χ0v) is 21.1. The Labute approximate surface area is 210 Å². The summed E-state index contributed by atoms with van der Waals surface area (Å²) in [5.41, 5.74) is 3.32. The van der Waals surface area contributed by atoms with Crippen molar-refractivity contribution in [3.05, 3.63) is 93.8 Å². The van der Waals surface area contributed by atoms with E-state index in [1.54, 1.807) is 17.4 Å². The monoisotopic (exact) mass is 483 g/mol. The van der Waals surface area contributed by atoms with Gasteiger partial charge in [0.2, 0.25) is 0 Å². The number of nitrogens with one attached hydrogen (secondary N) is 1. The molecule has 4 rings (SSSR count). The lowest BCUT2D eigenvalue weighted by Crippen LogP contribution is -2.23. The van der Waals surface area contributed by atoms with Crippen molar-refractivity contribution in [2.75, 3.05) is 6.61 Å². The third-order valence-electron chi connectivity index (χ3n) is 5.81. The zero-order chi connectivity index (χ0) is 24.8. The van der Waals surface area contributed by atoms with Gasteiger partial charge in [-0.05, 0) is 46.7 Å². The second-order valence-corrected chi connectivity index (χ2v) is 10.4. The van der Waals surface area contributed by atoms with E-state index in [0.29, 0.717) is 19.7 Å². The molecule has 0 aliphatic heterocycles. The molecule has 0 atom stereocenters. The van der Waals surface area contributed by atoms with Gasteiger partial charge < -0.3 is 14.6 Å². The molecule has 0 saturated heterocycles. The number of aromatic nitrogens is 1. The molecule has 0 aliphatic carbocycles. The first-order valence-corrected chi connectivity index (χ1v) is 12.5. The van der Waals surface area contributed by atoms with Gasteiger partial charge in [0.15, 0.2) is 0 Å². The number of carbonyl (C=O) groups is 1. The Balaban J connectivity index is 1.47. The standard InChI is InChI=1S/C29H29N3O2S/c1-29(2,3)23-10-12-24(13-11-23)34-15-14-32-20-22(26-8-4-5-9-27(26)32)17-21(18-30)28(33)31-19-25-7-6-16-35-25/h4-13,16-17,20H,14-15,19H2,1-3H3,(H,31,33)/b21-17+. The van der Waals surface area contributed by atoms with E-state index in [-0.39, 0.29) is 16.9 Å². The molecule has 4 aromatic rings. The van der Waals surface area contributed by atoms with Crippen molar-refractivity contribution in [2.45, 2.75) is 39.3 Å². The highest BCUT2D eigenvalue weighted by atomic mass is 32.1. The molecular weight excluding hydrogens is 454 g/mol. The molecule has 2 heterocycles. The number of para-hydroxylation sites is 1. The van der Waals surface area contributed by atoms with Crippen LogP contribution >= 0.6 is 11.3 Å². The van der Waals surface area contributed by atoms with Crippen molar-refractivity contribution in [1.29, 1.82) is 5.26 Å². The zero-order valence-electron chi connectivity index (χ0n) is 20.2. The van der Waals surface area contributed by atoms with E-state index in [1.807, 2.05) is 60.1 Å².